The standard InChI is InChI=1S/C15H20N4O2/c1-11-9-14(13(10-16)12(2)18-11)17-4-3-15(20)19-5-7-21-8-6-19/h9H,3-8H2,1-2H3,(H,17,18). The van der Waals surface area contributed by atoms with Crippen LogP contribution in [0.4, 0.5) is 5.69 Å². The van der Waals surface area contributed by atoms with Crippen molar-refractivity contribution >= 4 is 11.6 Å². The molecule has 0 radical (unpaired) electrons. The largest absolute Gasteiger partial charge is 0.383 e. The van der Waals surface area contributed by atoms with Crippen molar-refractivity contribution in [3.05, 3.63) is 23.0 Å². The van der Waals surface area contributed by atoms with Gasteiger partial charge in [-0.2, -0.15) is 5.26 Å². The van der Waals surface area contributed by atoms with Gasteiger partial charge in [0.15, 0.2) is 0 Å². The van der Waals surface area contributed by atoms with Gasteiger partial charge in [0.25, 0.3) is 0 Å². The number of nitriles is 1. The van der Waals surface area contributed by atoms with Gasteiger partial charge in [-0.3, -0.25) is 9.78 Å². The SMILES string of the molecule is Cc1cc(NCCC(=O)N2CCOCC2)c(C#N)c(C)n1. The number of aryl methyl sites for hydroxylation is 2. The molecule has 0 saturated carbocycles. The van der Waals surface area contributed by atoms with E-state index in [0.717, 1.165) is 11.4 Å². The Morgan fingerprint density at radius 1 is 1.48 bits per heavy atom. The van der Waals surface area contributed by atoms with Gasteiger partial charge >= 0.3 is 0 Å². The smallest absolute Gasteiger partial charge is 0.224 e. The summed E-state index contributed by atoms with van der Waals surface area (Å²) in [4.78, 5) is 18.1. The van der Waals surface area contributed by atoms with Crippen LogP contribution in [0.2, 0.25) is 0 Å². The van der Waals surface area contributed by atoms with Gasteiger partial charge in [-0.05, 0) is 19.9 Å². The Kier molecular flexibility index (Phi) is 5.12. The molecule has 0 aliphatic carbocycles. The summed E-state index contributed by atoms with van der Waals surface area (Å²) in [6.45, 7) is 6.76. The highest BCUT2D eigenvalue weighted by atomic mass is 16.5. The van der Waals surface area contributed by atoms with Crippen molar-refractivity contribution in [1.29, 1.82) is 5.26 Å². The number of aromatic nitrogens is 1. The van der Waals surface area contributed by atoms with Crippen LogP contribution in [0.5, 0.6) is 0 Å². The van der Waals surface area contributed by atoms with E-state index in [1.54, 1.807) is 0 Å². The third-order valence-corrected chi connectivity index (χ3v) is 3.46. The first-order valence-electron chi connectivity index (χ1n) is 7.09. The van der Waals surface area contributed by atoms with Gasteiger partial charge in [-0.1, -0.05) is 0 Å². The summed E-state index contributed by atoms with van der Waals surface area (Å²) in [5.41, 5.74) is 2.85. The van der Waals surface area contributed by atoms with Crippen LogP contribution in [0.1, 0.15) is 23.4 Å². The fourth-order valence-corrected chi connectivity index (χ4v) is 2.38. The van der Waals surface area contributed by atoms with E-state index in [-0.39, 0.29) is 5.91 Å². The molecular weight excluding hydrogens is 268 g/mol. The molecule has 6 nitrogen and oxygen atoms in total. The minimum atomic E-state index is 0.117. The van der Waals surface area contributed by atoms with E-state index in [2.05, 4.69) is 16.4 Å². The van der Waals surface area contributed by atoms with Crippen LogP contribution in [0.25, 0.3) is 0 Å². The van der Waals surface area contributed by atoms with Gasteiger partial charge < -0.3 is 15.0 Å². The Hall–Kier alpha value is -2.13. The lowest BCUT2D eigenvalue weighted by Gasteiger charge is -2.27. The minimum absolute atomic E-state index is 0.117. The topological polar surface area (TPSA) is 78.3 Å². The molecule has 1 N–H and O–H groups in total. The molecule has 0 bridgehead atoms. The molecule has 2 heterocycles. The first-order valence-corrected chi connectivity index (χ1v) is 7.09. The van der Waals surface area contributed by atoms with Crippen molar-refractivity contribution in [3.63, 3.8) is 0 Å². The quantitative estimate of drug-likeness (QED) is 0.901. The molecule has 112 valence electrons. The molecule has 0 spiro atoms. The number of carbonyl (C=O) groups excluding carboxylic acids is 1. The summed E-state index contributed by atoms with van der Waals surface area (Å²) in [7, 11) is 0. The van der Waals surface area contributed by atoms with Crippen molar-refractivity contribution in [2.45, 2.75) is 20.3 Å². The Balaban J connectivity index is 1.91. The summed E-state index contributed by atoms with van der Waals surface area (Å²) in [5, 5.41) is 12.4. The molecule has 0 atom stereocenters. The zero-order valence-corrected chi connectivity index (χ0v) is 12.5. The molecule has 21 heavy (non-hydrogen) atoms. The molecular formula is C15H20N4O2. The Morgan fingerprint density at radius 3 is 2.86 bits per heavy atom. The lowest BCUT2D eigenvalue weighted by Crippen LogP contribution is -2.41. The predicted octanol–water partition coefficient (Wildman–Crippen LogP) is 1.23. The number of anilines is 1. The van der Waals surface area contributed by atoms with Gasteiger partial charge in [-0.15, -0.1) is 0 Å². The number of amides is 1. The molecule has 1 saturated heterocycles. The molecule has 1 aromatic rings. The van der Waals surface area contributed by atoms with E-state index in [1.807, 2.05) is 24.8 Å². The third kappa shape index (κ3) is 3.92. The number of nitrogens with one attached hydrogen (secondary N) is 1. The van der Waals surface area contributed by atoms with Gasteiger partial charge in [0.05, 0.1) is 30.2 Å². The number of morpholine rings is 1. The van der Waals surface area contributed by atoms with Crippen molar-refractivity contribution < 1.29 is 9.53 Å². The number of nitrogens with zero attached hydrogens (tertiary/aromatic N) is 3. The van der Waals surface area contributed by atoms with E-state index >= 15 is 0 Å². The maximum atomic E-state index is 12.0. The first kappa shape index (κ1) is 15.3. The van der Waals surface area contributed by atoms with E-state index < -0.39 is 0 Å². The van der Waals surface area contributed by atoms with Gasteiger partial charge in [0, 0.05) is 31.7 Å². The van der Waals surface area contributed by atoms with Crippen LogP contribution >= 0.6 is 0 Å². The number of pyridine rings is 1. The maximum absolute atomic E-state index is 12.0. The molecule has 1 fully saturated rings. The Morgan fingerprint density at radius 2 is 2.19 bits per heavy atom. The van der Waals surface area contributed by atoms with Crippen molar-refractivity contribution in [1.82, 2.24) is 9.88 Å². The molecule has 1 amide bonds. The highest BCUT2D eigenvalue weighted by molar-refractivity contribution is 5.77. The fourth-order valence-electron chi connectivity index (χ4n) is 2.38. The average Bonchev–Trinajstić information content (AvgIpc) is 2.47. The van der Waals surface area contributed by atoms with Crippen LogP contribution in [-0.2, 0) is 9.53 Å². The first-order chi connectivity index (χ1) is 10.1. The van der Waals surface area contributed by atoms with Crippen LogP contribution < -0.4 is 5.32 Å². The summed E-state index contributed by atoms with van der Waals surface area (Å²) < 4.78 is 5.23. The molecule has 0 unspecified atom stereocenters. The van der Waals surface area contributed by atoms with Crippen LogP contribution in [0, 0.1) is 25.2 Å². The van der Waals surface area contributed by atoms with E-state index in [4.69, 9.17) is 4.74 Å². The maximum Gasteiger partial charge on any atom is 0.224 e. The molecule has 0 aromatic carbocycles. The van der Waals surface area contributed by atoms with Crippen LogP contribution in [0.3, 0.4) is 0 Å². The lowest BCUT2D eigenvalue weighted by molar-refractivity contribution is -0.134. The summed E-state index contributed by atoms with van der Waals surface area (Å²) in [6.07, 6.45) is 0.408. The second-order valence-corrected chi connectivity index (χ2v) is 5.05. The monoisotopic (exact) mass is 288 g/mol. The molecule has 2 rings (SSSR count). The van der Waals surface area contributed by atoms with Crippen molar-refractivity contribution in [2.24, 2.45) is 0 Å². The predicted molar refractivity (Wildman–Crippen MR) is 78.9 cm³/mol. The molecule has 1 aliphatic heterocycles. The highest BCUT2D eigenvalue weighted by Gasteiger charge is 2.16. The van der Waals surface area contributed by atoms with Crippen LogP contribution in [0.15, 0.2) is 6.07 Å². The second kappa shape index (κ2) is 7.04. The number of rotatable bonds is 4. The lowest BCUT2D eigenvalue weighted by atomic mass is 10.1. The molecule has 6 heteroatoms. The molecule has 1 aromatic heterocycles. The Labute approximate surface area is 124 Å². The minimum Gasteiger partial charge on any atom is -0.383 e. The van der Waals surface area contributed by atoms with Crippen molar-refractivity contribution in [3.8, 4) is 6.07 Å². The zero-order valence-electron chi connectivity index (χ0n) is 12.5. The second-order valence-electron chi connectivity index (χ2n) is 5.05. The van der Waals surface area contributed by atoms with E-state index in [0.29, 0.717) is 50.5 Å². The van der Waals surface area contributed by atoms with Crippen molar-refractivity contribution in [2.75, 3.05) is 38.2 Å². The number of hydrogen-bond acceptors (Lipinski definition) is 5. The zero-order chi connectivity index (χ0) is 15.2. The number of ether oxygens (including phenoxy) is 1. The third-order valence-electron chi connectivity index (χ3n) is 3.46. The summed E-state index contributed by atoms with van der Waals surface area (Å²) in [5.74, 6) is 0.117. The van der Waals surface area contributed by atoms with E-state index in [1.165, 1.54) is 0 Å². The number of hydrogen-bond donors (Lipinski definition) is 1. The Bertz CT molecular complexity index is 560. The van der Waals surface area contributed by atoms with E-state index in [9.17, 15) is 10.1 Å². The molecule has 1 aliphatic rings. The normalized spacial score (nSPS) is 14.6. The van der Waals surface area contributed by atoms with Gasteiger partial charge in [0.1, 0.15) is 6.07 Å². The summed E-state index contributed by atoms with van der Waals surface area (Å²) in [6, 6.07) is 3.99. The number of carbonyl (C=O) groups is 1. The van der Waals surface area contributed by atoms with Crippen LogP contribution in [-0.4, -0.2) is 48.6 Å². The summed E-state index contributed by atoms with van der Waals surface area (Å²) >= 11 is 0. The van der Waals surface area contributed by atoms with Gasteiger partial charge in [-0.25, -0.2) is 0 Å². The fraction of sp³-hybridized carbons (Fsp3) is 0.533. The van der Waals surface area contributed by atoms with Gasteiger partial charge in [0.2, 0.25) is 5.91 Å². The average molecular weight is 288 g/mol. The highest BCUT2D eigenvalue weighted by Crippen LogP contribution is 2.18.